The molecule has 0 amide bonds. The maximum Gasteiger partial charge on any atom is 0.132 e. The van der Waals surface area contributed by atoms with Gasteiger partial charge in [-0.3, -0.25) is 4.79 Å². The van der Waals surface area contributed by atoms with Crippen LogP contribution in [0, 0.1) is 12.1 Å². The molecule has 0 aliphatic heterocycles. The van der Waals surface area contributed by atoms with Gasteiger partial charge in [0.15, 0.2) is 0 Å². The SMILES string of the molecule is C=CCCCCC(O)CC(C)=O.[Ir].[c-]1ccccc1-c1ccccn1.[c-]1ccccc1-c1ccccn1. The molecule has 2 aromatic carbocycles. The van der Waals surface area contributed by atoms with Crippen molar-refractivity contribution in [1.82, 2.24) is 9.97 Å². The smallest absolute Gasteiger partial charge is 0.132 e. The molecule has 37 heavy (non-hydrogen) atoms. The van der Waals surface area contributed by atoms with Crippen LogP contribution in [0.5, 0.6) is 0 Å². The Labute approximate surface area is 234 Å². The second-order valence-corrected chi connectivity index (χ2v) is 8.12. The number of unbranched alkanes of at least 4 members (excludes halogenated alkanes) is 2. The number of rotatable bonds is 9. The molecule has 195 valence electrons. The van der Waals surface area contributed by atoms with Crippen molar-refractivity contribution in [2.45, 2.75) is 45.1 Å². The van der Waals surface area contributed by atoms with Gasteiger partial charge in [0.25, 0.3) is 0 Å². The number of pyridine rings is 2. The molecule has 4 nitrogen and oxygen atoms in total. The van der Waals surface area contributed by atoms with Crippen LogP contribution in [0.3, 0.4) is 0 Å². The van der Waals surface area contributed by atoms with E-state index >= 15 is 0 Å². The molecule has 2 aromatic heterocycles. The van der Waals surface area contributed by atoms with Crippen molar-refractivity contribution in [2.24, 2.45) is 0 Å². The number of allylic oxidation sites excluding steroid dienone is 1. The van der Waals surface area contributed by atoms with Crippen molar-refractivity contribution in [1.29, 1.82) is 0 Å². The number of Topliss-reactive ketones (excluding diaryl/α,β-unsaturated/α-hetero) is 1. The fourth-order valence-corrected chi connectivity index (χ4v) is 3.25. The van der Waals surface area contributed by atoms with Crippen molar-refractivity contribution in [3.63, 3.8) is 0 Å². The van der Waals surface area contributed by atoms with Crippen molar-refractivity contribution < 1.29 is 30.0 Å². The van der Waals surface area contributed by atoms with Crippen LogP contribution >= 0.6 is 0 Å². The molecule has 1 unspecified atom stereocenters. The largest absolute Gasteiger partial charge is 0.393 e. The monoisotopic (exact) mass is 671 g/mol. The first-order valence-electron chi connectivity index (χ1n) is 12.1. The second kappa shape index (κ2) is 19.9. The topological polar surface area (TPSA) is 63.1 Å². The van der Waals surface area contributed by atoms with E-state index in [2.05, 4.69) is 28.7 Å². The van der Waals surface area contributed by atoms with Crippen molar-refractivity contribution in [3.05, 3.63) is 122 Å². The number of carbonyl (C=O) groups excluding carboxylic acids is 1. The number of nitrogens with zero attached hydrogens (tertiary/aromatic N) is 2. The molecule has 0 spiro atoms. The third-order valence-electron chi connectivity index (χ3n) is 5.02. The average Bonchev–Trinajstić information content (AvgIpc) is 2.93. The summed E-state index contributed by atoms with van der Waals surface area (Å²) in [5, 5.41) is 9.27. The molecular weight excluding hydrogens is 637 g/mol. The van der Waals surface area contributed by atoms with Crippen LogP contribution in [0.4, 0.5) is 0 Å². The minimum absolute atomic E-state index is 0. The zero-order valence-corrected chi connectivity index (χ0v) is 23.6. The van der Waals surface area contributed by atoms with Gasteiger partial charge in [-0.05, 0) is 49.7 Å². The van der Waals surface area contributed by atoms with Gasteiger partial charge in [0.05, 0.1) is 6.10 Å². The van der Waals surface area contributed by atoms with Gasteiger partial charge in [-0.1, -0.05) is 36.8 Å². The van der Waals surface area contributed by atoms with Crippen LogP contribution in [0.1, 0.15) is 39.0 Å². The van der Waals surface area contributed by atoms with Crippen LogP contribution < -0.4 is 0 Å². The number of hydrogen-bond donors (Lipinski definition) is 1. The van der Waals surface area contributed by atoms with Crippen molar-refractivity contribution in [3.8, 4) is 22.5 Å². The van der Waals surface area contributed by atoms with E-state index in [4.69, 9.17) is 0 Å². The quantitative estimate of drug-likeness (QED) is 0.117. The van der Waals surface area contributed by atoms with Gasteiger partial charge in [0.2, 0.25) is 0 Å². The molecular formula is C32H34IrN2O2-2. The average molecular weight is 671 g/mol. The van der Waals surface area contributed by atoms with E-state index < -0.39 is 6.10 Å². The van der Waals surface area contributed by atoms with E-state index in [-0.39, 0.29) is 25.9 Å². The predicted molar refractivity (Wildman–Crippen MR) is 147 cm³/mol. The molecule has 0 saturated carbocycles. The Hall–Kier alpha value is -3.24. The molecule has 0 fully saturated rings. The van der Waals surface area contributed by atoms with E-state index in [1.165, 1.54) is 6.92 Å². The molecule has 0 bridgehead atoms. The summed E-state index contributed by atoms with van der Waals surface area (Å²) in [7, 11) is 0. The number of hydrogen-bond acceptors (Lipinski definition) is 4. The summed E-state index contributed by atoms with van der Waals surface area (Å²) in [5.41, 5.74) is 4.02. The minimum Gasteiger partial charge on any atom is -0.393 e. The van der Waals surface area contributed by atoms with Gasteiger partial charge in [-0.25, -0.2) is 0 Å². The fraction of sp³-hybridized carbons (Fsp3) is 0.219. The standard InChI is InChI=1S/2C11H8N.C10H18O2.Ir/c2*1-2-6-10(7-3-1)11-8-4-5-9-12-11;1-3-4-5-6-7-10(12)8-9(2)11;/h2*1-6,8-9H;3,10,12H,1,4-8H2,2H3;/q2*-1;;. The van der Waals surface area contributed by atoms with Gasteiger partial charge in [-0.2, -0.15) is 0 Å². The summed E-state index contributed by atoms with van der Waals surface area (Å²) in [6.45, 7) is 5.12. The molecule has 4 aromatic rings. The Balaban J connectivity index is 0.000000274. The summed E-state index contributed by atoms with van der Waals surface area (Å²) >= 11 is 0. The summed E-state index contributed by atoms with van der Waals surface area (Å²) in [6, 6.07) is 33.6. The summed E-state index contributed by atoms with van der Waals surface area (Å²) in [4.78, 5) is 19.0. The molecule has 5 heteroatoms. The third kappa shape index (κ3) is 14.2. The van der Waals surface area contributed by atoms with E-state index in [1.807, 2.05) is 91.0 Å². The molecule has 0 saturated heterocycles. The Morgan fingerprint density at radius 2 is 1.38 bits per heavy atom. The number of ketones is 1. The van der Waals surface area contributed by atoms with Gasteiger partial charge >= 0.3 is 0 Å². The Kier molecular flexibility index (Phi) is 17.1. The van der Waals surface area contributed by atoms with E-state index in [0.717, 1.165) is 48.2 Å². The molecule has 1 N–H and O–H groups in total. The normalized spacial score (nSPS) is 10.3. The van der Waals surface area contributed by atoms with Crippen LogP contribution in [0.25, 0.3) is 22.5 Å². The van der Waals surface area contributed by atoms with Crippen molar-refractivity contribution in [2.75, 3.05) is 0 Å². The first-order valence-corrected chi connectivity index (χ1v) is 12.1. The Bertz CT molecular complexity index is 959. The van der Waals surface area contributed by atoms with E-state index in [0.29, 0.717) is 6.42 Å². The summed E-state index contributed by atoms with van der Waals surface area (Å²) in [5.74, 6) is 0.0613. The first-order chi connectivity index (χ1) is 17.6. The number of aliphatic hydroxyl groups excluding tert-OH is 1. The Morgan fingerprint density at radius 1 is 0.865 bits per heavy atom. The minimum atomic E-state index is -0.438. The fourth-order valence-electron chi connectivity index (χ4n) is 3.25. The molecule has 1 atom stereocenters. The maximum absolute atomic E-state index is 10.6. The number of carbonyl (C=O) groups is 1. The van der Waals surface area contributed by atoms with Gasteiger partial charge in [0.1, 0.15) is 5.78 Å². The first kappa shape index (κ1) is 31.8. The summed E-state index contributed by atoms with van der Waals surface area (Å²) in [6.07, 6.45) is 9.06. The number of aliphatic hydroxyl groups is 1. The van der Waals surface area contributed by atoms with Crippen LogP contribution in [0.15, 0.2) is 110 Å². The van der Waals surface area contributed by atoms with Gasteiger partial charge in [-0.15, -0.1) is 78.4 Å². The molecule has 0 aliphatic rings. The van der Waals surface area contributed by atoms with E-state index in [1.54, 1.807) is 12.4 Å². The van der Waals surface area contributed by atoms with E-state index in [9.17, 15) is 9.90 Å². The zero-order valence-electron chi connectivity index (χ0n) is 21.2. The molecule has 1 radical (unpaired) electrons. The number of aromatic nitrogens is 2. The maximum atomic E-state index is 10.6. The van der Waals surface area contributed by atoms with Crippen LogP contribution in [0.2, 0.25) is 0 Å². The number of benzene rings is 2. The van der Waals surface area contributed by atoms with Gasteiger partial charge in [0, 0.05) is 38.9 Å². The molecule has 4 rings (SSSR count). The molecule has 0 aliphatic carbocycles. The zero-order chi connectivity index (χ0) is 25.8. The predicted octanol–water partition coefficient (Wildman–Crippen LogP) is 7.17. The summed E-state index contributed by atoms with van der Waals surface area (Å²) < 4.78 is 0. The van der Waals surface area contributed by atoms with Crippen LogP contribution in [-0.2, 0) is 24.9 Å². The second-order valence-electron chi connectivity index (χ2n) is 8.12. The van der Waals surface area contributed by atoms with Crippen LogP contribution in [-0.4, -0.2) is 27.0 Å². The third-order valence-corrected chi connectivity index (χ3v) is 5.02. The molecule has 2 heterocycles. The van der Waals surface area contributed by atoms with Gasteiger partial charge < -0.3 is 15.1 Å². The van der Waals surface area contributed by atoms with Crippen molar-refractivity contribution >= 4 is 5.78 Å². The Morgan fingerprint density at radius 3 is 1.76 bits per heavy atom.